The lowest BCUT2D eigenvalue weighted by atomic mass is 10.2. The van der Waals surface area contributed by atoms with Crippen molar-refractivity contribution in [2.24, 2.45) is 0 Å². The molecule has 0 aliphatic rings. The summed E-state index contributed by atoms with van der Waals surface area (Å²) in [5.41, 5.74) is 5.83. The summed E-state index contributed by atoms with van der Waals surface area (Å²) in [5.74, 6) is 0. The molecule has 0 saturated carbocycles. The lowest BCUT2D eigenvalue weighted by Gasteiger charge is -1.96. The minimum absolute atomic E-state index is 0.883. The highest BCUT2D eigenvalue weighted by Crippen LogP contribution is 2.35. The molecule has 0 aliphatic carbocycles. The number of rotatable bonds is 4. The number of thiazole rings is 2. The van der Waals surface area contributed by atoms with Crippen LogP contribution in [0.25, 0.3) is 21.1 Å². The Hall–Kier alpha value is -2.30. The van der Waals surface area contributed by atoms with Gasteiger partial charge < -0.3 is 0 Å². The average Bonchev–Trinajstić information content (AvgIpc) is 3.23. The van der Waals surface area contributed by atoms with E-state index in [-0.39, 0.29) is 0 Å². The van der Waals surface area contributed by atoms with Gasteiger partial charge in [-0.05, 0) is 19.4 Å². The second kappa shape index (κ2) is 6.90. The second-order valence-corrected chi connectivity index (χ2v) is 8.03. The third-order valence-electron chi connectivity index (χ3n) is 4.08. The van der Waals surface area contributed by atoms with Crippen molar-refractivity contribution in [3.8, 4) is 21.1 Å². The summed E-state index contributed by atoms with van der Waals surface area (Å²) >= 11 is 3.45. The quantitative estimate of drug-likeness (QED) is 0.436. The standard InChI is InChI=1S/C21H18N2S2/c1-14-8-10-17(11-9-14)21-22-15(2)20(25-21)18-13-24-19(23-18)12-16-6-4-3-5-7-16/h3-11,13H,12H2,1-2H3. The van der Waals surface area contributed by atoms with Crippen LogP contribution in [0, 0.1) is 13.8 Å². The first-order valence-corrected chi connectivity index (χ1v) is 9.92. The predicted molar refractivity (Wildman–Crippen MR) is 107 cm³/mol. The van der Waals surface area contributed by atoms with Crippen molar-refractivity contribution in [1.29, 1.82) is 0 Å². The number of benzene rings is 2. The van der Waals surface area contributed by atoms with E-state index in [0.29, 0.717) is 0 Å². The Morgan fingerprint density at radius 2 is 1.64 bits per heavy atom. The van der Waals surface area contributed by atoms with Gasteiger partial charge in [0.1, 0.15) is 5.01 Å². The smallest absolute Gasteiger partial charge is 0.124 e. The summed E-state index contributed by atoms with van der Waals surface area (Å²) < 4.78 is 0. The van der Waals surface area contributed by atoms with E-state index in [1.807, 2.05) is 6.07 Å². The summed E-state index contributed by atoms with van der Waals surface area (Å²) in [6, 6.07) is 19.0. The number of nitrogens with zero attached hydrogens (tertiary/aromatic N) is 2. The van der Waals surface area contributed by atoms with Gasteiger partial charge in [-0.1, -0.05) is 60.2 Å². The van der Waals surface area contributed by atoms with E-state index in [4.69, 9.17) is 9.97 Å². The molecule has 0 bridgehead atoms. The van der Waals surface area contributed by atoms with E-state index < -0.39 is 0 Å². The zero-order valence-electron chi connectivity index (χ0n) is 14.2. The van der Waals surface area contributed by atoms with Crippen molar-refractivity contribution in [2.45, 2.75) is 20.3 Å². The van der Waals surface area contributed by atoms with Gasteiger partial charge in [-0.15, -0.1) is 22.7 Å². The second-order valence-electron chi connectivity index (χ2n) is 6.09. The Kier molecular flexibility index (Phi) is 4.47. The predicted octanol–water partition coefficient (Wildman–Crippen LogP) is 6.14. The van der Waals surface area contributed by atoms with Crippen LogP contribution in [-0.4, -0.2) is 9.97 Å². The highest BCUT2D eigenvalue weighted by molar-refractivity contribution is 7.19. The first-order chi connectivity index (χ1) is 12.2. The summed E-state index contributed by atoms with van der Waals surface area (Å²) in [6.45, 7) is 4.17. The van der Waals surface area contributed by atoms with Crippen LogP contribution in [0.1, 0.15) is 21.8 Å². The third kappa shape index (κ3) is 3.55. The lowest BCUT2D eigenvalue weighted by molar-refractivity contribution is 1.14. The number of aryl methyl sites for hydroxylation is 2. The molecule has 0 amide bonds. The van der Waals surface area contributed by atoms with Crippen LogP contribution in [0.3, 0.4) is 0 Å². The fourth-order valence-corrected chi connectivity index (χ4v) is 4.65. The molecule has 4 aromatic rings. The summed E-state index contributed by atoms with van der Waals surface area (Å²) in [5, 5.41) is 4.36. The SMILES string of the molecule is Cc1ccc(-c2nc(C)c(-c3csc(Cc4ccccc4)n3)s2)cc1. The van der Waals surface area contributed by atoms with Gasteiger partial charge in [-0.25, -0.2) is 9.97 Å². The molecule has 0 fully saturated rings. The molecule has 124 valence electrons. The van der Waals surface area contributed by atoms with Crippen LogP contribution >= 0.6 is 22.7 Å². The largest absolute Gasteiger partial charge is 0.241 e. The van der Waals surface area contributed by atoms with Crippen LogP contribution in [-0.2, 0) is 6.42 Å². The molecule has 0 N–H and O–H groups in total. The van der Waals surface area contributed by atoms with Crippen LogP contribution < -0.4 is 0 Å². The molecule has 2 heterocycles. The van der Waals surface area contributed by atoms with Gasteiger partial charge in [-0.3, -0.25) is 0 Å². The van der Waals surface area contributed by atoms with E-state index >= 15 is 0 Å². The zero-order chi connectivity index (χ0) is 17.2. The van der Waals surface area contributed by atoms with Crippen LogP contribution in [0.4, 0.5) is 0 Å². The van der Waals surface area contributed by atoms with Crippen molar-refractivity contribution >= 4 is 22.7 Å². The number of hydrogen-bond acceptors (Lipinski definition) is 4. The van der Waals surface area contributed by atoms with Gasteiger partial charge in [0.2, 0.25) is 0 Å². The molecule has 2 aromatic carbocycles. The molecule has 0 spiro atoms. The molecule has 0 aliphatic heterocycles. The molecule has 2 nitrogen and oxygen atoms in total. The Morgan fingerprint density at radius 3 is 2.40 bits per heavy atom. The average molecular weight is 363 g/mol. The zero-order valence-corrected chi connectivity index (χ0v) is 15.8. The highest BCUT2D eigenvalue weighted by atomic mass is 32.1. The molecular formula is C21H18N2S2. The van der Waals surface area contributed by atoms with Gasteiger partial charge >= 0.3 is 0 Å². The topological polar surface area (TPSA) is 25.8 Å². The summed E-state index contributed by atoms with van der Waals surface area (Å²) in [6.07, 6.45) is 0.883. The summed E-state index contributed by atoms with van der Waals surface area (Å²) in [7, 11) is 0. The van der Waals surface area contributed by atoms with Crippen molar-refractivity contribution in [1.82, 2.24) is 9.97 Å². The molecule has 0 saturated heterocycles. The number of hydrogen-bond donors (Lipinski definition) is 0. The van der Waals surface area contributed by atoms with Crippen molar-refractivity contribution in [3.63, 3.8) is 0 Å². The first-order valence-electron chi connectivity index (χ1n) is 8.22. The third-order valence-corrected chi connectivity index (χ3v) is 6.16. The fourth-order valence-electron chi connectivity index (χ4n) is 2.72. The van der Waals surface area contributed by atoms with Crippen LogP contribution in [0.5, 0.6) is 0 Å². The monoisotopic (exact) mass is 362 g/mol. The van der Waals surface area contributed by atoms with Gasteiger partial charge in [0.05, 0.1) is 21.3 Å². The number of aromatic nitrogens is 2. The van der Waals surface area contributed by atoms with Crippen LogP contribution in [0.2, 0.25) is 0 Å². The summed E-state index contributed by atoms with van der Waals surface area (Å²) in [4.78, 5) is 10.8. The Labute approximate surface area is 155 Å². The molecule has 0 atom stereocenters. The first kappa shape index (κ1) is 16.2. The van der Waals surface area contributed by atoms with Gasteiger partial charge in [0.15, 0.2) is 0 Å². The highest BCUT2D eigenvalue weighted by Gasteiger charge is 2.14. The molecule has 0 unspecified atom stereocenters. The van der Waals surface area contributed by atoms with Gasteiger partial charge in [0, 0.05) is 17.4 Å². The van der Waals surface area contributed by atoms with Crippen molar-refractivity contribution in [2.75, 3.05) is 0 Å². The Balaban J connectivity index is 1.61. The maximum Gasteiger partial charge on any atom is 0.124 e. The minimum atomic E-state index is 0.883. The van der Waals surface area contributed by atoms with Gasteiger partial charge in [0.25, 0.3) is 0 Å². The molecule has 4 heteroatoms. The van der Waals surface area contributed by atoms with Crippen LogP contribution in [0.15, 0.2) is 60.0 Å². The minimum Gasteiger partial charge on any atom is -0.241 e. The molecule has 4 rings (SSSR count). The van der Waals surface area contributed by atoms with Gasteiger partial charge in [-0.2, -0.15) is 0 Å². The fraction of sp³-hybridized carbons (Fsp3) is 0.143. The molecule has 0 radical (unpaired) electrons. The lowest BCUT2D eigenvalue weighted by Crippen LogP contribution is -1.86. The normalized spacial score (nSPS) is 11.0. The van der Waals surface area contributed by atoms with E-state index in [2.05, 4.69) is 67.8 Å². The maximum absolute atomic E-state index is 4.85. The molecule has 25 heavy (non-hydrogen) atoms. The van der Waals surface area contributed by atoms with Crippen molar-refractivity contribution < 1.29 is 0 Å². The van der Waals surface area contributed by atoms with E-state index in [1.165, 1.54) is 21.6 Å². The molecule has 2 aromatic heterocycles. The molecular weight excluding hydrogens is 344 g/mol. The van der Waals surface area contributed by atoms with Crippen molar-refractivity contribution in [3.05, 3.63) is 81.8 Å². The van der Waals surface area contributed by atoms with E-state index in [9.17, 15) is 0 Å². The Bertz CT molecular complexity index is 982. The van der Waals surface area contributed by atoms with E-state index in [0.717, 1.165) is 27.8 Å². The maximum atomic E-state index is 4.85. The van der Waals surface area contributed by atoms with E-state index in [1.54, 1.807) is 22.7 Å². The Morgan fingerprint density at radius 1 is 0.880 bits per heavy atom.